The van der Waals surface area contributed by atoms with Crippen LogP contribution in [0.2, 0.25) is 5.02 Å². The lowest BCUT2D eigenvalue weighted by atomic mass is 10.1. The number of likely N-dealkylation sites (tertiary alicyclic amines) is 1. The fourth-order valence-corrected chi connectivity index (χ4v) is 3.33. The minimum atomic E-state index is -0.0266. The largest absolute Gasteiger partial charge is 0.487 e. The van der Waals surface area contributed by atoms with Gasteiger partial charge < -0.3 is 25.0 Å². The highest BCUT2D eigenvalue weighted by molar-refractivity contribution is 14.0. The third-order valence-electron chi connectivity index (χ3n) is 4.73. The van der Waals surface area contributed by atoms with Gasteiger partial charge in [0.1, 0.15) is 11.9 Å². The number of nitrogens with zero attached hydrogens (tertiary/aromatic N) is 2. The van der Waals surface area contributed by atoms with Crippen LogP contribution in [-0.2, 0) is 4.74 Å². The molecule has 1 saturated heterocycles. The Morgan fingerprint density at radius 1 is 1.24 bits per heavy atom. The summed E-state index contributed by atoms with van der Waals surface area (Å²) >= 11 is 6.15. The molecule has 166 valence electrons. The van der Waals surface area contributed by atoms with Gasteiger partial charge in [-0.2, -0.15) is 0 Å². The lowest BCUT2D eigenvalue weighted by Crippen LogP contribution is -2.50. The first-order valence-electron chi connectivity index (χ1n) is 10.2. The van der Waals surface area contributed by atoms with Gasteiger partial charge >= 0.3 is 0 Å². The van der Waals surface area contributed by atoms with E-state index in [1.54, 1.807) is 7.05 Å². The van der Waals surface area contributed by atoms with Crippen LogP contribution >= 0.6 is 35.6 Å². The fourth-order valence-electron chi connectivity index (χ4n) is 3.15. The highest BCUT2D eigenvalue weighted by atomic mass is 127. The summed E-state index contributed by atoms with van der Waals surface area (Å²) in [5.74, 6) is 1.52. The number of para-hydroxylation sites is 1. The Kier molecular flexibility index (Phi) is 12.9. The lowest BCUT2D eigenvalue weighted by molar-refractivity contribution is 0.0532. The van der Waals surface area contributed by atoms with E-state index >= 15 is 0 Å². The van der Waals surface area contributed by atoms with E-state index in [0.29, 0.717) is 29.5 Å². The summed E-state index contributed by atoms with van der Waals surface area (Å²) in [6.07, 6.45) is 2.49. The van der Waals surface area contributed by atoms with Crippen molar-refractivity contribution >= 4 is 41.5 Å². The molecule has 1 aliphatic rings. The second kappa shape index (κ2) is 14.3. The zero-order valence-electron chi connectivity index (χ0n) is 18.0. The van der Waals surface area contributed by atoms with Gasteiger partial charge in [-0.3, -0.25) is 4.99 Å². The first kappa shape index (κ1) is 26.3. The van der Waals surface area contributed by atoms with E-state index in [0.717, 1.165) is 45.0 Å². The molecule has 1 unspecified atom stereocenters. The van der Waals surface area contributed by atoms with Gasteiger partial charge in [-0.1, -0.05) is 23.7 Å². The van der Waals surface area contributed by atoms with Crippen LogP contribution < -0.4 is 15.4 Å². The molecule has 2 rings (SSSR count). The van der Waals surface area contributed by atoms with Crippen molar-refractivity contribution in [1.29, 1.82) is 0 Å². The van der Waals surface area contributed by atoms with E-state index in [1.165, 1.54) is 0 Å². The Balaban J connectivity index is 0.00000420. The maximum atomic E-state index is 6.15. The number of hydrogen-bond acceptors (Lipinski definition) is 4. The third kappa shape index (κ3) is 10.2. The summed E-state index contributed by atoms with van der Waals surface area (Å²) in [6, 6.07) is 7.97. The van der Waals surface area contributed by atoms with E-state index < -0.39 is 0 Å². The van der Waals surface area contributed by atoms with Gasteiger partial charge in [0.2, 0.25) is 0 Å². The first-order valence-corrected chi connectivity index (χ1v) is 10.6. The van der Waals surface area contributed by atoms with Crippen LogP contribution in [0.25, 0.3) is 0 Å². The first-order chi connectivity index (χ1) is 13.5. The molecular weight excluding hydrogens is 503 g/mol. The number of hydrogen-bond donors (Lipinski definition) is 2. The highest BCUT2D eigenvalue weighted by Gasteiger charge is 2.20. The molecule has 1 aromatic rings. The molecule has 0 bridgehead atoms. The Morgan fingerprint density at radius 2 is 1.93 bits per heavy atom. The molecule has 0 saturated carbocycles. The number of ether oxygens (including phenoxy) is 2. The van der Waals surface area contributed by atoms with Gasteiger partial charge in [0.05, 0.1) is 24.3 Å². The van der Waals surface area contributed by atoms with Crippen molar-refractivity contribution in [2.45, 2.75) is 51.9 Å². The van der Waals surface area contributed by atoms with Gasteiger partial charge in [-0.15, -0.1) is 24.0 Å². The number of halogens is 2. The second-order valence-electron chi connectivity index (χ2n) is 7.49. The molecule has 8 heteroatoms. The minimum Gasteiger partial charge on any atom is -0.487 e. The number of guanidine groups is 1. The lowest BCUT2D eigenvalue weighted by Gasteiger charge is -2.33. The molecule has 0 aliphatic carbocycles. The van der Waals surface area contributed by atoms with Gasteiger partial charge in [0.15, 0.2) is 5.96 Å². The Hall–Kier alpha value is -0.770. The maximum Gasteiger partial charge on any atom is 0.191 e. The smallest absolute Gasteiger partial charge is 0.191 e. The minimum absolute atomic E-state index is 0. The van der Waals surface area contributed by atoms with Crippen LogP contribution in [0.5, 0.6) is 5.75 Å². The van der Waals surface area contributed by atoms with E-state index in [-0.39, 0.29) is 30.1 Å². The third-order valence-corrected chi connectivity index (χ3v) is 5.04. The molecule has 0 amide bonds. The number of nitrogens with one attached hydrogen (secondary N) is 2. The van der Waals surface area contributed by atoms with Crippen LogP contribution in [0, 0.1) is 0 Å². The summed E-state index contributed by atoms with van der Waals surface area (Å²) < 4.78 is 11.6. The molecule has 0 aromatic heterocycles. The standard InChI is InChI=1S/C21H35ClN4O2.HI/c1-16(2)27-14-13-26-11-9-18(10-12-26)25-21(23-4)24-15-17(3)28-20-8-6-5-7-19(20)22;/h5-8,16-18H,9-15H2,1-4H3,(H2,23,24,25);1H. The Labute approximate surface area is 197 Å². The molecule has 29 heavy (non-hydrogen) atoms. The van der Waals surface area contributed by atoms with Crippen molar-refractivity contribution in [3.8, 4) is 5.75 Å². The molecule has 1 heterocycles. The molecule has 0 radical (unpaired) electrons. The van der Waals surface area contributed by atoms with E-state index in [2.05, 4.69) is 34.4 Å². The van der Waals surface area contributed by atoms with Crippen LogP contribution in [0.15, 0.2) is 29.3 Å². The molecule has 2 N–H and O–H groups in total. The zero-order valence-corrected chi connectivity index (χ0v) is 21.1. The number of aliphatic imine (C=N–C) groups is 1. The average Bonchev–Trinajstić information content (AvgIpc) is 2.68. The molecular formula is C21H36ClIN4O2. The van der Waals surface area contributed by atoms with Crippen molar-refractivity contribution in [2.24, 2.45) is 4.99 Å². The van der Waals surface area contributed by atoms with Crippen LogP contribution in [-0.4, -0.2) is 68.9 Å². The zero-order chi connectivity index (χ0) is 20.4. The predicted molar refractivity (Wildman–Crippen MR) is 132 cm³/mol. The Morgan fingerprint density at radius 3 is 2.55 bits per heavy atom. The van der Waals surface area contributed by atoms with Crippen LogP contribution in [0.4, 0.5) is 0 Å². The van der Waals surface area contributed by atoms with Gasteiger partial charge in [-0.25, -0.2) is 0 Å². The molecule has 1 fully saturated rings. The molecule has 0 spiro atoms. The van der Waals surface area contributed by atoms with Crippen molar-refractivity contribution in [1.82, 2.24) is 15.5 Å². The summed E-state index contributed by atoms with van der Waals surface area (Å²) in [7, 11) is 1.80. The van der Waals surface area contributed by atoms with Crippen LogP contribution in [0.3, 0.4) is 0 Å². The fraction of sp³-hybridized carbons (Fsp3) is 0.667. The summed E-state index contributed by atoms with van der Waals surface area (Å²) in [4.78, 5) is 6.81. The second-order valence-corrected chi connectivity index (χ2v) is 7.90. The van der Waals surface area contributed by atoms with Gasteiger partial charge in [0, 0.05) is 32.7 Å². The van der Waals surface area contributed by atoms with Crippen molar-refractivity contribution < 1.29 is 9.47 Å². The topological polar surface area (TPSA) is 58.1 Å². The number of piperidine rings is 1. The van der Waals surface area contributed by atoms with Crippen molar-refractivity contribution in [3.63, 3.8) is 0 Å². The maximum absolute atomic E-state index is 6.15. The van der Waals surface area contributed by atoms with E-state index in [1.807, 2.05) is 31.2 Å². The Bertz CT molecular complexity index is 610. The SMILES string of the molecule is CN=C(NCC(C)Oc1ccccc1Cl)NC1CCN(CCOC(C)C)CC1.I. The van der Waals surface area contributed by atoms with Crippen molar-refractivity contribution in [2.75, 3.05) is 39.8 Å². The molecule has 1 aliphatic heterocycles. The van der Waals surface area contributed by atoms with E-state index in [4.69, 9.17) is 21.1 Å². The van der Waals surface area contributed by atoms with Crippen molar-refractivity contribution in [3.05, 3.63) is 29.3 Å². The molecule has 1 aromatic carbocycles. The van der Waals surface area contributed by atoms with Gasteiger partial charge in [-0.05, 0) is 45.7 Å². The number of rotatable bonds is 9. The molecule has 1 atom stereocenters. The van der Waals surface area contributed by atoms with Crippen LogP contribution in [0.1, 0.15) is 33.6 Å². The average molecular weight is 539 g/mol. The highest BCUT2D eigenvalue weighted by Crippen LogP contribution is 2.24. The summed E-state index contributed by atoms with van der Waals surface area (Å²) in [5, 5.41) is 7.51. The number of benzene rings is 1. The summed E-state index contributed by atoms with van der Waals surface area (Å²) in [5.41, 5.74) is 0. The summed E-state index contributed by atoms with van der Waals surface area (Å²) in [6.45, 7) is 10.8. The normalized spacial score (nSPS) is 17.0. The van der Waals surface area contributed by atoms with E-state index in [9.17, 15) is 0 Å². The quantitative estimate of drug-likeness (QED) is 0.285. The van der Waals surface area contributed by atoms with Gasteiger partial charge in [0.25, 0.3) is 0 Å². The molecule has 6 nitrogen and oxygen atoms in total. The predicted octanol–water partition coefficient (Wildman–Crippen LogP) is 3.78. The monoisotopic (exact) mass is 538 g/mol.